The Balaban J connectivity index is 1.66. The summed E-state index contributed by atoms with van der Waals surface area (Å²) in [6.45, 7) is 8.19. The predicted octanol–water partition coefficient (Wildman–Crippen LogP) is 3.36. The van der Waals surface area contributed by atoms with Crippen LogP contribution in [0.25, 0.3) is 4.96 Å². The number of fused-ring (bicyclic) bond motifs is 1. The molecule has 0 bridgehead atoms. The Labute approximate surface area is 126 Å². The molecule has 3 heterocycles. The van der Waals surface area contributed by atoms with Gasteiger partial charge in [-0.2, -0.15) is 0 Å². The van der Waals surface area contributed by atoms with Crippen molar-refractivity contribution >= 4 is 27.6 Å². The summed E-state index contributed by atoms with van der Waals surface area (Å²) in [6.07, 6.45) is 4.04. The van der Waals surface area contributed by atoms with Gasteiger partial charge in [-0.05, 0) is 13.8 Å². The van der Waals surface area contributed by atoms with E-state index in [1.54, 1.807) is 22.7 Å². The molecule has 0 radical (unpaired) electrons. The fourth-order valence-corrected chi connectivity index (χ4v) is 3.88. The standard InChI is InChI=1S/C14H18N4S2/c1-9(13-16-4-5-19-13)6-15-7-12-11(3)17-14-18(12)8-10(2)20-14/h4-5,8-9,15H,6-7H2,1-3H3. The van der Waals surface area contributed by atoms with Crippen LogP contribution in [0.15, 0.2) is 17.8 Å². The lowest BCUT2D eigenvalue weighted by atomic mass is 10.2. The molecule has 1 N–H and O–H groups in total. The third-order valence-electron chi connectivity index (χ3n) is 3.36. The zero-order valence-corrected chi connectivity index (χ0v) is 13.5. The van der Waals surface area contributed by atoms with E-state index >= 15 is 0 Å². The van der Waals surface area contributed by atoms with Crippen LogP contribution in [0.4, 0.5) is 0 Å². The molecule has 0 saturated carbocycles. The van der Waals surface area contributed by atoms with Crippen molar-refractivity contribution in [3.8, 4) is 0 Å². The molecule has 0 amide bonds. The summed E-state index contributed by atoms with van der Waals surface area (Å²) in [5, 5.41) is 6.75. The summed E-state index contributed by atoms with van der Waals surface area (Å²) in [7, 11) is 0. The molecule has 20 heavy (non-hydrogen) atoms. The van der Waals surface area contributed by atoms with Crippen LogP contribution < -0.4 is 5.32 Å². The predicted molar refractivity (Wildman–Crippen MR) is 84.8 cm³/mol. The van der Waals surface area contributed by atoms with E-state index in [4.69, 9.17) is 0 Å². The molecule has 6 heteroatoms. The van der Waals surface area contributed by atoms with Gasteiger partial charge < -0.3 is 5.32 Å². The molecular weight excluding hydrogens is 288 g/mol. The number of imidazole rings is 1. The second-order valence-electron chi connectivity index (χ2n) is 5.04. The van der Waals surface area contributed by atoms with Gasteiger partial charge in [0, 0.05) is 41.7 Å². The van der Waals surface area contributed by atoms with Gasteiger partial charge >= 0.3 is 0 Å². The van der Waals surface area contributed by atoms with Gasteiger partial charge in [0.2, 0.25) is 0 Å². The highest BCUT2D eigenvalue weighted by molar-refractivity contribution is 7.17. The fraction of sp³-hybridized carbons (Fsp3) is 0.429. The second kappa shape index (κ2) is 5.63. The van der Waals surface area contributed by atoms with Crippen molar-refractivity contribution in [2.24, 2.45) is 0 Å². The fourth-order valence-electron chi connectivity index (χ4n) is 2.29. The first-order valence-corrected chi connectivity index (χ1v) is 8.39. The lowest BCUT2D eigenvalue weighted by molar-refractivity contribution is 0.603. The zero-order valence-electron chi connectivity index (χ0n) is 11.9. The number of hydrogen-bond donors (Lipinski definition) is 1. The summed E-state index contributed by atoms with van der Waals surface area (Å²) < 4.78 is 2.20. The van der Waals surface area contributed by atoms with Crippen LogP contribution >= 0.6 is 22.7 Å². The minimum atomic E-state index is 0.447. The quantitative estimate of drug-likeness (QED) is 0.786. The van der Waals surface area contributed by atoms with Crippen LogP contribution in [-0.4, -0.2) is 20.9 Å². The summed E-state index contributed by atoms with van der Waals surface area (Å²) in [6, 6.07) is 0. The summed E-state index contributed by atoms with van der Waals surface area (Å²) >= 11 is 3.46. The molecule has 1 unspecified atom stereocenters. The van der Waals surface area contributed by atoms with Crippen molar-refractivity contribution < 1.29 is 0 Å². The van der Waals surface area contributed by atoms with Crippen molar-refractivity contribution in [1.29, 1.82) is 0 Å². The highest BCUT2D eigenvalue weighted by Crippen LogP contribution is 2.21. The van der Waals surface area contributed by atoms with Gasteiger partial charge in [0.05, 0.1) is 16.4 Å². The monoisotopic (exact) mass is 306 g/mol. The SMILES string of the molecule is Cc1cn2c(CNCC(C)c3nccs3)c(C)nc2s1. The van der Waals surface area contributed by atoms with Crippen LogP contribution in [-0.2, 0) is 6.54 Å². The molecule has 0 aliphatic heterocycles. The Morgan fingerprint density at radius 1 is 1.40 bits per heavy atom. The lowest BCUT2D eigenvalue weighted by Crippen LogP contribution is -2.20. The van der Waals surface area contributed by atoms with Gasteiger partial charge in [0.1, 0.15) is 0 Å². The first kappa shape index (κ1) is 13.7. The third-order valence-corrected chi connectivity index (χ3v) is 5.26. The van der Waals surface area contributed by atoms with Crippen molar-refractivity contribution in [2.75, 3.05) is 6.54 Å². The van der Waals surface area contributed by atoms with E-state index in [-0.39, 0.29) is 0 Å². The van der Waals surface area contributed by atoms with E-state index in [1.807, 2.05) is 11.6 Å². The van der Waals surface area contributed by atoms with E-state index in [1.165, 1.54) is 15.6 Å². The van der Waals surface area contributed by atoms with E-state index in [0.29, 0.717) is 5.92 Å². The van der Waals surface area contributed by atoms with Gasteiger partial charge in [-0.25, -0.2) is 9.97 Å². The van der Waals surface area contributed by atoms with Crippen molar-refractivity contribution in [2.45, 2.75) is 33.2 Å². The Morgan fingerprint density at radius 2 is 2.25 bits per heavy atom. The summed E-state index contributed by atoms with van der Waals surface area (Å²) in [5.74, 6) is 0.447. The molecule has 3 rings (SSSR count). The van der Waals surface area contributed by atoms with Gasteiger partial charge in [-0.3, -0.25) is 4.40 Å². The maximum atomic E-state index is 4.61. The number of rotatable bonds is 5. The second-order valence-corrected chi connectivity index (χ2v) is 7.18. The molecule has 3 aromatic heterocycles. The van der Waals surface area contributed by atoms with E-state index < -0.39 is 0 Å². The topological polar surface area (TPSA) is 42.2 Å². The highest BCUT2D eigenvalue weighted by atomic mass is 32.1. The molecule has 0 aromatic carbocycles. The molecule has 0 saturated heterocycles. The Bertz CT molecular complexity index is 696. The van der Waals surface area contributed by atoms with Crippen molar-refractivity contribution in [3.63, 3.8) is 0 Å². The lowest BCUT2D eigenvalue weighted by Gasteiger charge is -2.10. The number of nitrogens with zero attached hydrogens (tertiary/aromatic N) is 3. The summed E-state index contributed by atoms with van der Waals surface area (Å²) in [4.78, 5) is 11.4. The number of thiazole rings is 2. The van der Waals surface area contributed by atoms with E-state index in [0.717, 1.165) is 23.7 Å². The normalized spacial score (nSPS) is 13.2. The van der Waals surface area contributed by atoms with E-state index in [9.17, 15) is 0 Å². The van der Waals surface area contributed by atoms with Crippen LogP contribution in [0.3, 0.4) is 0 Å². The van der Waals surface area contributed by atoms with Gasteiger partial charge in [-0.1, -0.05) is 6.92 Å². The average molecular weight is 306 g/mol. The molecule has 106 valence electrons. The Morgan fingerprint density at radius 3 is 3.00 bits per heavy atom. The van der Waals surface area contributed by atoms with Crippen molar-refractivity contribution in [1.82, 2.24) is 19.7 Å². The van der Waals surface area contributed by atoms with E-state index in [2.05, 4.69) is 46.7 Å². The zero-order chi connectivity index (χ0) is 14.1. The van der Waals surface area contributed by atoms with Crippen LogP contribution in [0.1, 0.15) is 34.1 Å². The molecule has 0 spiro atoms. The minimum Gasteiger partial charge on any atom is -0.310 e. The minimum absolute atomic E-state index is 0.447. The van der Waals surface area contributed by atoms with Gasteiger partial charge in [-0.15, -0.1) is 22.7 Å². The largest absolute Gasteiger partial charge is 0.310 e. The van der Waals surface area contributed by atoms with Gasteiger partial charge in [0.15, 0.2) is 4.96 Å². The molecule has 3 aromatic rings. The first-order valence-electron chi connectivity index (χ1n) is 6.69. The van der Waals surface area contributed by atoms with Gasteiger partial charge in [0.25, 0.3) is 0 Å². The first-order chi connectivity index (χ1) is 9.65. The Hall–Kier alpha value is -1.24. The number of aryl methyl sites for hydroxylation is 2. The molecular formula is C14H18N4S2. The molecule has 0 fully saturated rings. The van der Waals surface area contributed by atoms with Crippen LogP contribution in [0.2, 0.25) is 0 Å². The molecule has 0 aliphatic carbocycles. The van der Waals surface area contributed by atoms with Crippen LogP contribution in [0.5, 0.6) is 0 Å². The third kappa shape index (κ3) is 2.63. The maximum Gasteiger partial charge on any atom is 0.194 e. The van der Waals surface area contributed by atoms with Crippen LogP contribution in [0, 0.1) is 13.8 Å². The smallest absolute Gasteiger partial charge is 0.194 e. The molecule has 4 nitrogen and oxygen atoms in total. The van der Waals surface area contributed by atoms with Crippen molar-refractivity contribution in [3.05, 3.63) is 39.0 Å². The Kier molecular flexibility index (Phi) is 3.87. The number of aromatic nitrogens is 3. The number of nitrogens with one attached hydrogen (secondary N) is 1. The highest BCUT2D eigenvalue weighted by Gasteiger charge is 2.12. The molecule has 0 aliphatic rings. The average Bonchev–Trinajstić information content (AvgIpc) is 3.08. The molecule has 1 atom stereocenters. The maximum absolute atomic E-state index is 4.61. The number of hydrogen-bond acceptors (Lipinski definition) is 5. The summed E-state index contributed by atoms with van der Waals surface area (Å²) in [5.41, 5.74) is 2.38.